The second kappa shape index (κ2) is 4.64. The Balaban J connectivity index is 2.80. The average Bonchev–Trinajstić information content (AvgIpc) is 2.21. The molecule has 4 heteroatoms. The van der Waals surface area contributed by atoms with Gasteiger partial charge in [0.25, 0.3) is 0 Å². The zero-order chi connectivity index (χ0) is 11.5. The molecule has 0 saturated heterocycles. The Morgan fingerprint density at radius 2 is 2.13 bits per heavy atom. The van der Waals surface area contributed by atoms with Gasteiger partial charge in [-0.05, 0) is 25.5 Å². The summed E-state index contributed by atoms with van der Waals surface area (Å²) in [6.45, 7) is 3.56. The number of para-hydroxylation sites is 1. The lowest BCUT2D eigenvalue weighted by Crippen LogP contribution is -2.47. The van der Waals surface area contributed by atoms with Crippen molar-refractivity contribution in [2.45, 2.75) is 25.8 Å². The van der Waals surface area contributed by atoms with E-state index < -0.39 is 5.54 Å². The standard InChI is InChI=1S/C11H15ClN2O/c1-3-11(2,13)10(15)14-9-7-5-4-6-8(9)12/h4-7H,3,13H2,1-2H3,(H,14,15). The fraction of sp³-hybridized carbons (Fsp3) is 0.364. The number of carbonyl (C=O) groups excluding carboxylic acids is 1. The number of carbonyl (C=O) groups is 1. The molecule has 1 aromatic rings. The molecule has 3 nitrogen and oxygen atoms in total. The molecule has 0 bridgehead atoms. The molecule has 1 atom stereocenters. The molecule has 1 amide bonds. The summed E-state index contributed by atoms with van der Waals surface area (Å²) in [5, 5.41) is 3.22. The van der Waals surface area contributed by atoms with E-state index >= 15 is 0 Å². The van der Waals surface area contributed by atoms with Crippen LogP contribution in [0.5, 0.6) is 0 Å². The summed E-state index contributed by atoms with van der Waals surface area (Å²) in [5.74, 6) is -0.224. The van der Waals surface area contributed by atoms with E-state index in [0.717, 1.165) is 0 Å². The monoisotopic (exact) mass is 226 g/mol. The van der Waals surface area contributed by atoms with Crippen LogP contribution in [0, 0.1) is 0 Å². The summed E-state index contributed by atoms with van der Waals surface area (Å²) >= 11 is 5.91. The molecular formula is C11H15ClN2O. The van der Waals surface area contributed by atoms with Crippen LogP contribution in [0.4, 0.5) is 5.69 Å². The predicted molar refractivity (Wildman–Crippen MR) is 63.0 cm³/mol. The van der Waals surface area contributed by atoms with Crippen LogP contribution >= 0.6 is 11.6 Å². The highest BCUT2D eigenvalue weighted by molar-refractivity contribution is 6.33. The maximum absolute atomic E-state index is 11.7. The summed E-state index contributed by atoms with van der Waals surface area (Å²) in [4.78, 5) is 11.7. The van der Waals surface area contributed by atoms with Crippen LogP contribution in [0.2, 0.25) is 5.02 Å². The van der Waals surface area contributed by atoms with Gasteiger partial charge in [-0.1, -0.05) is 30.7 Å². The second-order valence-electron chi connectivity index (χ2n) is 3.70. The molecule has 0 fully saturated rings. The zero-order valence-corrected chi connectivity index (χ0v) is 9.64. The first-order chi connectivity index (χ1) is 6.97. The molecule has 0 spiro atoms. The van der Waals surface area contributed by atoms with E-state index in [0.29, 0.717) is 17.1 Å². The Morgan fingerprint density at radius 1 is 1.53 bits per heavy atom. The Hall–Kier alpha value is -1.06. The summed E-state index contributed by atoms with van der Waals surface area (Å²) in [5.41, 5.74) is 5.53. The van der Waals surface area contributed by atoms with Gasteiger partial charge in [-0.25, -0.2) is 0 Å². The van der Waals surface area contributed by atoms with Crippen molar-refractivity contribution < 1.29 is 4.79 Å². The van der Waals surface area contributed by atoms with Crippen LogP contribution in [0.3, 0.4) is 0 Å². The minimum Gasteiger partial charge on any atom is -0.323 e. The van der Waals surface area contributed by atoms with Crippen LogP contribution in [0.1, 0.15) is 20.3 Å². The van der Waals surface area contributed by atoms with Gasteiger partial charge in [-0.15, -0.1) is 0 Å². The molecule has 0 heterocycles. The van der Waals surface area contributed by atoms with Gasteiger partial charge in [0.1, 0.15) is 0 Å². The minimum atomic E-state index is -0.862. The molecule has 0 aliphatic rings. The van der Waals surface area contributed by atoms with Gasteiger partial charge < -0.3 is 11.1 Å². The molecule has 15 heavy (non-hydrogen) atoms. The average molecular weight is 227 g/mol. The molecule has 3 N–H and O–H groups in total. The number of amides is 1. The van der Waals surface area contributed by atoms with E-state index in [-0.39, 0.29) is 5.91 Å². The Labute approximate surface area is 94.6 Å². The van der Waals surface area contributed by atoms with E-state index in [1.54, 1.807) is 31.2 Å². The molecule has 0 radical (unpaired) electrons. The quantitative estimate of drug-likeness (QED) is 0.832. The van der Waals surface area contributed by atoms with E-state index in [4.69, 9.17) is 17.3 Å². The molecule has 82 valence electrons. The lowest BCUT2D eigenvalue weighted by molar-refractivity contribution is -0.120. The molecule has 0 aliphatic carbocycles. The molecule has 1 unspecified atom stereocenters. The lowest BCUT2D eigenvalue weighted by Gasteiger charge is -2.21. The third-order valence-corrected chi connectivity index (χ3v) is 2.70. The molecule has 1 rings (SSSR count). The first-order valence-corrected chi connectivity index (χ1v) is 5.20. The van der Waals surface area contributed by atoms with Gasteiger partial charge in [-0.2, -0.15) is 0 Å². The number of benzene rings is 1. The predicted octanol–water partition coefficient (Wildman–Crippen LogP) is 2.41. The Kier molecular flexibility index (Phi) is 3.72. The van der Waals surface area contributed by atoms with Crippen LogP contribution < -0.4 is 11.1 Å². The van der Waals surface area contributed by atoms with Gasteiger partial charge in [0.05, 0.1) is 16.2 Å². The van der Waals surface area contributed by atoms with E-state index in [2.05, 4.69) is 5.32 Å². The highest BCUT2D eigenvalue weighted by atomic mass is 35.5. The molecular weight excluding hydrogens is 212 g/mol. The van der Waals surface area contributed by atoms with Crippen LogP contribution in [0.25, 0.3) is 0 Å². The zero-order valence-electron chi connectivity index (χ0n) is 8.88. The Bertz CT molecular complexity index is 363. The highest BCUT2D eigenvalue weighted by Gasteiger charge is 2.26. The van der Waals surface area contributed by atoms with E-state index in [1.165, 1.54) is 0 Å². The third-order valence-electron chi connectivity index (χ3n) is 2.38. The van der Waals surface area contributed by atoms with Gasteiger partial charge >= 0.3 is 0 Å². The summed E-state index contributed by atoms with van der Waals surface area (Å²) in [7, 11) is 0. The van der Waals surface area contributed by atoms with Gasteiger partial charge in [-0.3, -0.25) is 4.79 Å². The summed E-state index contributed by atoms with van der Waals surface area (Å²) in [6, 6.07) is 7.07. The topological polar surface area (TPSA) is 55.1 Å². The van der Waals surface area contributed by atoms with Gasteiger partial charge in [0.15, 0.2) is 0 Å². The normalized spacial score (nSPS) is 14.4. The second-order valence-corrected chi connectivity index (χ2v) is 4.11. The summed E-state index contributed by atoms with van der Waals surface area (Å²) < 4.78 is 0. The first kappa shape index (κ1) is 12.0. The molecule has 1 aromatic carbocycles. The van der Waals surface area contributed by atoms with Crippen molar-refractivity contribution >= 4 is 23.2 Å². The largest absolute Gasteiger partial charge is 0.323 e. The minimum absolute atomic E-state index is 0.224. The van der Waals surface area contributed by atoms with E-state index in [9.17, 15) is 4.79 Å². The highest BCUT2D eigenvalue weighted by Crippen LogP contribution is 2.21. The van der Waals surface area contributed by atoms with Crippen molar-refractivity contribution in [1.29, 1.82) is 0 Å². The number of nitrogens with one attached hydrogen (secondary N) is 1. The maximum atomic E-state index is 11.7. The van der Waals surface area contributed by atoms with Crippen molar-refractivity contribution in [2.75, 3.05) is 5.32 Å². The number of hydrogen-bond donors (Lipinski definition) is 2. The third kappa shape index (κ3) is 2.94. The maximum Gasteiger partial charge on any atom is 0.244 e. The number of anilines is 1. The fourth-order valence-electron chi connectivity index (χ4n) is 0.988. The van der Waals surface area contributed by atoms with Gasteiger partial charge in [0.2, 0.25) is 5.91 Å². The van der Waals surface area contributed by atoms with Gasteiger partial charge in [0, 0.05) is 0 Å². The lowest BCUT2D eigenvalue weighted by atomic mass is 9.99. The van der Waals surface area contributed by atoms with Crippen molar-refractivity contribution in [3.63, 3.8) is 0 Å². The molecule has 0 aromatic heterocycles. The van der Waals surface area contributed by atoms with Crippen molar-refractivity contribution in [3.05, 3.63) is 29.3 Å². The van der Waals surface area contributed by atoms with Crippen molar-refractivity contribution in [1.82, 2.24) is 0 Å². The molecule has 0 saturated carbocycles. The number of halogens is 1. The number of nitrogens with two attached hydrogens (primary N) is 1. The van der Waals surface area contributed by atoms with E-state index in [1.807, 2.05) is 6.92 Å². The fourth-order valence-corrected chi connectivity index (χ4v) is 1.17. The SMILES string of the molecule is CCC(C)(N)C(=O)Nc1ccccc1Cl. The number of rotatable bonds is 3. The van der Waals surface area contributed by atoms with Crippen molar-refractivity contribution in [2.24, 2.45) is 5.73 Å². The van der Waals surface area contributed by atoms with Crippen LogP contribution in [-0.4, -0.2) is 11.4 Å². The first-order valence-electron chi connectivity index (χ1n) is 4.82. The van der Waals surface area contributed by atoms with Crippen molar-refractivity contribution in [3.8, 4) is 0 Å². The summed E-state index contributed by atoms with van der Waals surface area (Å²) in [6.07, 6.45) is 0.573. The van der Waals surface area contributed by atoms with Crippen LogP contribution in [-0.2, 0) is 4.79 Å². The molecule has 0 aliphatic heterocycles. The number of hydrogen-bond acceptors (Lipinski definition) is 2. The van der Waals surface area contributed by atoms with Crippen LogP contribution in [0.15, 0.2) is 24.3 Å². The smallest absolute Gasteiger partial charge is 0.244 e. The Morgan fingerprint density at radius 3 is 2.67 bits per heavy atom.